The van der Waals surface area contributed by atoms with Crippen molar-refractivity contribution in [2.45, 2.75) is 45.6 Å². The molecule has 0 aromatic carbocycles. The van der Waals surface area contributed by atoms with Gasteiger partial charge in [0.25, 0.3) is 0 Å². The quantitative estimate of drug-likeness (QED) is 0.772. The molecule has 21 heavy (non-hydrogen) atoms. The molecule has 5 nitrogen and oxygen atoms in total. The standard InChI is InChI=1S/C15H23NO4S/c1-10-8-12(11(2)21-10)6-5-7-13(17)16-15(3,9-20-4)14(18)19/h8H,5-7,9H2,1-4H3,(H,16,17)(H,18,19). The topological polar surface area (TPSA) is 75.6 Å². The zero-order chi connectivity index (χ0) is 16.0. The van der Waals surface area contributed by atoms with Gasteiger partial charge in [0, 0.05) is 23.3 Å². The summed E-state index contributed by atoms with van der Waals surface area (Å²) in [6.07, 6.45) is 1.84. The molecule has 1 unspecified atom stereocenters. The molecule has 118 valence electrons. The van der Waals surface area contributed by atoms with E-state index in [0.29, 0.717) is 12.8 Å². The highest BCUT2D eigenvalue weighted by Crippen LogP contribution is 2.22. The smallest absolute Gasteiger partial charge is 0.331 e. The van der Waals surface area contributed by atoms with Gasteiger partial charge < -0.3 is 15.2 Å². The van der Waals surface area contributed by atoms with Crippen LogP contribution in [0.5, 0.6) is 0 Å². The number of amides is 1. The Morgan fingerprint density at radius 3 is 2.57 bits per heavy atom. The van der Waals surface area contributed by atoms with Crippen LogP contribution in [0.3, 0.4) is 0 Å². The summed E-state index contributed by atoms with van der Waals surface area (Å²) >= 11 is 1.75. The van der Waals surface area contributed by atoms with Gasteiger partial charge in [-0.2, -0.15) is 0 Å². The number of methoxy groups -OCH3 is 1. The number of hydrogen-bond acceptors (Lipinski definition) is 4. The number of carboxylic acids is 1. The van der Waals surface area contributed by atoms with E-state index < -0.39 is 11.5 Å². The summed E-state index contributed by atoms with van der Waals surface area (Å²) in [4.78, 5) is 25.6. The van der Waals surface area contributed by atoms with Gasteiger partial charge in [-0.15, -0.1) is 11.3 Å². The molecule has 6 heteroatoms. The summed E-state index contributed by atoms with van der Waals surface area (Å²) < 4.78 is 4.87. The number of aryl methyl sites for hydroxylation is 3. The normalized spacial score (nSPS) is 13.7. The lowest BCUT2D eigenvalue weighted by Crippen LogP contribution is -2.55. The van der Waals surface area contributed by atoms with Crippen LogP contribution in [0.2, 0.25) is 0 Å². The highest BCUT2D eigenvalue weighted by Gasteiger charge is 2.34. The molecule has 0 aliphatic rings. The zero-order valence-electron chi connectivity index (χ0n) is 13.0. The first-order chi connectivity index (χ1) is 9.78. The molecule has 0 radical (unpaired) electrons. The molecule has 2 N–H and O–H groups in total. The number of hydrogen-bond donors (Lipinski definition) is 2. The van der Waals surface area contributed by atoms with Gasteiger partial charge in [-0.1, -0.05) is 0 Å². The summed E-state index contributed by atoms with van der Waals surface area (Å²) in [7, 11) is 1.41. The van der Waals surface area contributed by atoms with Crippen molar-refractivity contribution in [1.29, 1.82) is 0 Å². The Hall–Kier alpha value is -1.40. The second kappa shape index (κ2) is 7.56. The minimum absolute atomic E-state index is 0.0586. The van der Waals surface area contributed by atoms with E-state index in [0.717, 1.165) is 6.42 Å². The van der Waals surface area contributed by atoms with Crippen molar-refractivity contribution >= 4 is 23.2 Å². The molecule has 1 atom stereocenters. The summed E-state index contributed by atoms with van der Waals surface area (Å²) in [5, 5.41) is 11.7. The van der Waals surface area contributed by atoms with Gasteiger partial charge in [0.1, 0.15) is 0 Å². The number of ether oxygens (including phenoxy) is 1. The molecule has 1 amide bonds. The van der Waals surface area contributed by atoms with E-state index >= 15 is 0 Å². The van der Waals surface area contributed by atoms with Crippen molar-refractivity contribution in [3.8, 4) is 0 Å². The molecule has 1 heterocycles. The van der Waals surface area contributed by atoms with Crippen molar-refractivity contribution in [3.05, 3.63) is 21.4 Å². The van der Waals surface area contributed by atoms with Gasteiger partial charge in [0.2, 0.25) is 5.91 Å². The van der Waals surface area contributed by atoms with Crippen LogP contribution in [0, 0.1) is 13.8 Å². The van der Waals surface area contributed by atoms with Crippen LogP contribution >= 0.6 is 11.3 Å². The SMILES string of the molecule is COCC(C)(NC(=O)CCCc1cc(C)sc1C)C(=O)O. The highest BCUT2D eigenvalue weighted by molar-refractivity contribution is 7.12. The molecular weight excluding hydrogens is 290 g/mol. The van der Waals surface area contributed by atoms with Crippen LogP contribution < -0.4 is 5.32 Å². The Balaban J connectivity index is 2.47. The zero-order valence-corrected chi connectivity index (χ0v) is 13.8. The number of thiophene rings is 1. The predicted molar refractivity (Wildman–Crippen MR) is 82.8 cm³/mol. The van der Waals surface area contributed by atoms with E-state index in [9.17, 15) is 9.59 Å². The molecule has 0 aliphatic carbocycles. The number of aliphatic carboxylic acids is 1. The third-order valence-corrected chi connectivity index (χ3v) is 4.32. The van der Waals surface area contributed by atoms with Crippen LogP contribution in [-0.2, 0) is 20.7 Å². The van der Waals surface area contributed by atoms with Gasteiger partial charge in [0.15, 0.2) is 5.54 Å². The minimum Gasteiger partial charge on any atom is -0.479 e. The summed E-state index contributed by atoms with van der Waals surface area (Å²) in [6, 6.07) is 2.14. The summed E-state index contributed by atoms with van der Waals surface area (Å²) in [5.74, 6) is -1.36. The minimum atomic E-state index is -1.37. The lowest BCUT2D eigenvalue weighted by atomic mass is 10.0. The molecule has 1 aromatic rings. The third kappa shape index (κ3) is 5.13. The monoisotopic (exact) mass is 313 g/mol. The van der Waals surface area contributed by atoms with E-state index in [1.807, 2.05) is 0 Å². The fraction of sp³-hybridized carbons (Fsp3) is 0.600. The average Bonchev–Trinajstić information content (AvgIpc) is 2.68. The van der Waals surface area contributed by atoms with Crippen molar-refractivity contribution in [3.63, 3.8) is 0 Å². The summed E-state index contributed by atoms with van der Waals surface area (Å²) in [6.45, 7) is 5.53. The Labute approximate surface area is 129 Å². The number of rotatable bonds is 8. The molecule has 0 aliphatic heterocycles. The average molecular weight is 313 g/mol. The Morgan fingerprint density at radius 2 is 2.10 bits per heavy atom. The van der Waals surface area contributed by atoms with Crippen LogP contribution in [0.25, 0.3) is 0 Å². The fourth-order valence-electron chi connectivity index (χ4n) is 2.18. The van der Waals surface area contributed by atoms with Crippen molar-refractivity contribution in [2.24, 2.45) is 0 Å². The number of carboxylic acid groups (broad SMARTS) is 1. The maximum atomic E-state index is 11.9. The molecule has 0 bridgehead atoms. The maximum absolute atomic E-state index is 11.9. The van der Waals surface area contributed by atoms with Gasteiger partial charge >= 0.3 is 5.97 Å². The largest absolute Gasteiger partial charge is 0.479 e. The maximum Gasteiger partial charge on any atom is 0.331 e. The van der Waals surface area contributed by atoms with E-state index in [2.05, 4.69) is 25.2 Å². The highest BCUT2D eigenvalue weighted by atomic mass is 32.1. The first-order valence-electron chi connectivity index (χ1n) is 6.88. The molecule has 1 aromatic heterocycles. The van der Waals surface area contributed by atoms with Crippen LogP contribution in [0.4, 0.5) is 0 Å². The second-order valence-corrected chi connectivity index (χ2v) is 6.87. The molecule has 0 spiro atoms. The van der Waals surface area contributed by atoms with Crippen LogP contribution in [0.15, 0.2) is 6.07 Å². The molecular formula is C15H23NO4S. The third-order valence-electron chi connectivity index (χ3n) is 3.31. The van der Waals surface area contributed by atoms with Gasteiger partial charge in [0.05, 0.1) is 6.61 Å². The van der Waals surface area contributed by atoms with Crippen LogP contribution in [-0.4, -0.2) is 36.2 Å². The lowest BCUT2D eigenvalue weighted by molar-refractivity contribution is -0.149. The first kappa shape index (κ1) is 17.7. The van der Waals surface area contributed by atoms with E-state index in [1.54, 1.807) is 11.3 Å². The van der Waals surface area contributed by atoms with E-state index in [-0.39, 0.29) is 12.5 Å². The van der Waals surface area contributed by atoms with Gasteiger partial charge in [-0.25, -0.2) is 4.79 Å². The van der Waals surface area contributed by atoms with E-state index in [4.69, 9.17) is 9.84 Å². The predicted octanol–water partition coefficient (Wildman–Crippen LogP) is 2.29. The van der Waals surface area contributed by atoms with Gasteiger partial charge in [-0.05, 0) is 45.2 Å². The first-order valence-corrected chi connectivity index (χ1v) is 7.69. The van der Waals surface area contributed by atoms with Crippen molar-refractivity contribution in [2.75, 3.05) is 13.7 Å². The van der Waals surface area contributed by atoms with Gasteiger partial charge in [-0.3, -0.25) is 4.79 Å². The molecule has 0 fully saturated rings. The van der Waals surface area contributed by atoms with E-state index in [1.165, 1.54) is 29.4 Å². The second-order valence-electron chi connectivity index (χ2n) is 5.41. The summed E-state index contributed by atoms with van der Waals surface area (Å²) in [5.41, 5.74) is -0.107. The molecule has 1 rings (SSSR count). The van der Waals surface area contributed by atoms with Crippen molar-refractivity contribution in [1.82, 2.24) is 5.32 Å². The van der Waals surface area contributed by atoms with Crippen molar-refractivity contribution < 1.29 is 19.4 Å². The molecule has 0 saturated carbocycles. The lowest BCUT2D eigenvalue weighted by Gasteiger charge is -2.25. The Kier molecular flexibility index (Phi) is 6.36. The molecule has 0 saturated heterocycles. The fourth-order valence-corrected chi connectivity index (χ4v) is 3.16. The number of carbonyl (C=O) groups excluding carboxylic acids is 1. The Morgan fingerprint density at radius 1 is 1.43 bits per heavy atom. The number of carbonyl (C=O) groups is 2. The number of nitrogens with one attached hydrogen (secondary N) is 1. The Bertz CT molecular complexity index is 512. The van der Waals surface area contributed by atoms with Crippen LogP contribution in [0.1, 0.15) is 35.1 Å².